The first kappa shape index (κ1) is 9.68. The minimum atomic E-state index is -0.211. The molecule has 0 fully saturated rings. The van der Waals surface area contributed by atoms with Crippen LogP contribution in [0, 0.1) is 12.7 Å². The van der Waals surface area contributed by atoms with Crippen LogP contribution in [0.3, 0.4) is 0 Å². The summed E-state index contributed by atoms with van der Waals surface area (Å²) in [5, 5.41) is 0. The highest BCUT2D eigenvalue weighted by molar-refractivity contribution is 9.10. The average molecular weight is 233 g/mol. The predicted octanol–water partition coefficient (Wildman–Crippen LogP) is 3.04. The Morgan fingerprint density at radius 2 is 2.17 bits per heavy atom. The molecule has 1 aromatic rings. The van der Waals surface area contributed by atoms with E-state index >= 15 is 0 Å². The smallest absolute Gasteiger partial charge is 0.129 e. The topological polar surface area (TPSA) is 9.23 Å². The molecule has 0 aliphatic rings. The number of halogens is 2. The summed E-state index contributed by atoms with van der Waals surface area (Å²) in [7, 11) is 1.56. The van der Waals surface area contributed by atoms with Crippen LogP contribution >= 0.6 is 15.9 Å². The van der Waals surface area contributed by atoms with Crippen molar-refractivity contribution in [3.05, 3.63) is 33.5 Å². The first-order valence-corrected chi connectivity index (χ1v) is 4.38. The molecular weight excluding hydrogens is 223 g/mol. The van der Waals surface area contributed by atoms with Crippen molar-refractivity contribution in [3.63, 3.8) is 0 Å². The van der Waals surface area contributed by atoms with Gasteiger partial charge in [-0.3, -0.25) is 0 Å². The lowest BCUT2D eigenvalue weighted by Crippen LogP contribution is -1.96. The van der Waals surface area contributed by atoms with Crippen molar-refractivity contribution in [1.82, 2.24) is 0 Å². The van der Waals surface area contributed by atoms with Gasteiger partial charge in [0, 0.05) is 17.1 Å². The van der Waals surface area contributed by atoms with E-state index in [1.807, 2.05) is 6.92 Å². The maximum absolute atomic E-state index is 13.1. The van der Waals surface area contributed by atoms with Crippen LogP contribution in [-0.4, -0.2) is 7.11 Å². The van der Waals surface area contributed by atoms with Crippen molar-refractivity contribution < 1.29 is 9.13 Å². The molecular formula is C9H10BrFO. The van der Waals surface area contributed by atoms with E-state index in [-0.39, 0.29) is 5.82 Å². The summed E-state index contributed by atoms with van der Waals surface area (Å²) in [6, 6.07) is 3.13. The molecule has 3 heteroatoms. The Morgan fingerprint density at radius 3 is 2.75 bits per heavy atom. The third-order valence-corrected chi connectivity index (χ3v) is 2.62. The third-order valence-electron chi connectivity index (χ3n) is 1.76. The Morgan fingerprint density at radius 1 is 1.50 bits per heavy atom. The molecule has 1 nitrogen and oxygen atoms in total. The van der Waals surface area contributed by atoms with Crippen LogP contribution in [0.4, 0.5) is 4.39 Å². The Labute approximate surface area is 79.7 Å². The molecule has 12 heavy (non-hydrogen) atoms. The van der Waals surface area contributed by atoms with Gasteiger partial charge in [-0.1, -0.05) is 15.9 Å². The number of hydrogen-bond acceptors (Lipinski definition) is 1. The van der Waals surface area contributed by atoms with E-state index in [0.717, 1.165) is 10.0 Å². The van der Waals surface area contributed by atoms with E-state index in [9.17, 15) is 4.39 Å². The molecule has 0 heterocycles. The summed E-state index contributed by atoms with van der Waals surface area (Å²) in [6.07, 6.45) is 0. The molecule has 0 N–H and O–H groups in total. The predicted molar refractivity (Wildman–Crippen MR) is 49.6 cm³/mol. The highest BCUT2D eigenvalue weighted by Crippen LogP contribution is 2.22. The van der Waals surface area contributed by atoms with Crippen LogP contribution < -0.4 is 0 Å². The highest BCUT2D eigenvalue weighted by Gasteiger charge is 2.07. The van der Waals surface area contributed by atoms with E-state index in [4.69, 9.17) is 4.74 Å². The maximum Gasteiger partial charge on any atom is 0.129 e. The van der Waals surface area contributed by atoms with Crippen molar-refractivity contribution in [2.75, 3.05) is 7.11 Å². The van der Waals surface area contributed by atoms with Gasteiger partial charge in [-0.05, 0) is 24.6 Å². The van der Waals surface area contributed by atoms with Gasteiger partial charge >= 0.3 is 0 Å². The van der Waals surface area contributed by atoms with Crippen LogP contribution in [0.2, 0.25) is 0 Å². The quantitative estimate of drug-likeness (QED) is 0.762. The molecule has 0 atom stereocenters. The molecule has 1 rings (SSSR count). The molecule has 0 saturated carbocycles. The van der Waals surface area contributed by atoms with E-state index in [2.05, 4.69) is 15.9 Å². The number of rotatable bonds is 2. The van der Waals surface area contributed by atoms with Gasteiger partial charge < -0.3 is 4.74 Å². The van der Waals surface area contributed by atoms with Crippen molar-refractivity contribution in [2.24, 2.45) is 0 Å². The SMILES string of the molecule is COCc1c(F)ccc(Br)c1C. The summed E-state index contributed by atoms with van der Waals surface area (Å²) < 4.78 is 18.9. The van der Waals surface area contributed by atoms with Gasteiger partial charge in [0.2, 0.25) is 0 Å². The Bertz CT molecular complexity index is 286. The van der Waals surface area contributed by atoms with E-state index < -0.39 is 0 Å². The van der Waals surface area contributed by atoms with Gasteiger partial charge in [-0.25, -0.2) is 4.39 Å². The van der Waals surface area contributed by atoms with Crippen molar-refractivity contribution in [2.45, 2.75) is 13.5 Å². The first-order chi connectivity index (χ1) is 5.66. The van der Waals surface area contributed by atoms with Gasteiger partial charge in [-0.15, -0.1) is 0 Å². The van der Waals surface area contributed by atoms with Crippen molar-refractivity contribution >= 4 is 15.9 Å². The zero-order chi connectivity index (χ0) is 9.14. The second-order valence-electron chi connectivity index (χ2n) is 2.57. The molecule has 0 spiro atoms. The zero-order valence-corrected chi connectivity index (χ0v) is 8.61. The summed E-state index contributed by atoms with van der Waals surface area (Å²) in [6.45, 7) is 2.18. The summed E-state index contributed by atoms with van der Waals surface area (Å²) in [4.78, 5) is 0. The molecule has 0 bridgehead atoms. The molecule has 0 radical (unpaired) electrons. The number of hydrogen-bond donors (Lipinski definition) is 0. The highest BCUT2D eigenvalue weighted by atomic mass is 79.9. The van der Waals surface area contributed by atoms with Crippen LogP contribution in [0.1, 0.15) is 11.1 Å². The molecule has 0 amide bonds. The number of ether oxygens (including phenoxy) is 1. The second-order valence-corrected chi connectivity index (χ2v) is 3.42. The Balaban J connectivity index is 3.14. The monoisotopic (exact) mass is 232 g/mol. The average Bonchev–Trinajstić information content (AvgIpc) is 2.06. The molecule has 0 aliphatic heterocycles. The van der Waals surface area contributed by atoms with Gasteiger partial charge in [0.05, 0.1) is 6.61 Å². The maximum atomic E-state index is 13.1. The molecule has 0 aliphatic carbocycles. The third kappa shape index (κ3) is 1.84. The van der Waals surface area contributed by atoms with Crippen molar-refractivity contribution in [1.29, 1.82) is 0 Å². The van der Waals surface area contributed by atoms with Crippen LogP contribution in [0.25, 0.3) is 0 Å². The van der Waals surface area contributed by atoms with Crippen LogP contribution in [0.15, 0.2) is 16.6 Å². The molecule has 66 valence electrons. The lowest BCUT2D eigenvalue weighted by molar-refractivity contribution is 0.181. The minimum Gasteiger partial charge on any atom is -0.380 e. The summed E-state index contributed by atoms with van der Waals surface area (Å²) >= 11 is 3.33. The summed E-state index contributed by atoms with van der Waals surface area (Å²) in [5.41, 5.74) is 1.52. The van der Waals surface area contributed by atoms with E-state index in [1.165, 1.54) is 6.07 Å². The zero-order valence-electron chi connectivity index (χ0n) is 7.03. The fourth-order valence-electron chi connectivity index (χ4n) is 1.02. The van der Waals surface area contributed by atoms with Gasteiger partial charge in [0.1, 0.15) is 5.82 Å². The van der Waals surface area contributed by atoms with E-state index in [0.29, 0.717) is 12.2 Å². The second kappa shape index (κ2) is 4.01. The Hall–Kier alpha value is -0.410. The minimum absolute atomic E-state index is 0.211. The lowest BCUT2D eigenvalue weighted by Gasteiger charge is -2.07. The lowest BCUT2D eigenvalue weighted by atomic mass is 10.1. The fourth-order valence-corrected chi connectivity index (χ4v) is 1.39. The number of methoxy groups -OCH3 is 1. The van der Waals surface area contributed by atoms with E-state index in [1.54, 1.807) is 13.2 Å². The Kier molecular flexibility index (Phi) is 3.23. The molecule has 0 aromatic heterocycles. The van der Waals surface area contributed by atoms with Gasteiger partial charge in [0.25, 0.3) is 0 Å². The molecule has 0 saturated heterocycles. The normalized spacial score (nSPS) is 10.3. The van der Waals surface area contributed by atoms with Crippen LogP contribution in [0.5, 0.6) is 0 Å². The number of benzene rings is 1. The van der Waals surface area contributed by atoms with Gasteiger partial charge in [-0.2, -0.15) is 0 Å². The van der Waals surface area contributed by atoms with Crippen molar-refractivity contribution in [3.8, 4) is 0 Å². The van der Waals surface area contributed by atoms with Crippen LogP contribution in [-0.2, 0) is 11.3 Å². The van der Waals surface area contributed by atoms with Gasteiger partial charge in [0.15, 0.2) is 0 Å². The fraction of sp³-hybridized carbons (Fsp3) is 0.333. The summed E-state index contributed by atoms with van der Waals surface area (Å²) in [5.74, 6) is -0.211. The molecule has 0 unspecified atom stereocenters. The standard InChI is InChI=1S/C9H10BrFO/c1-6-7(5-12-2)9(11)4-3-8(6)10/h3-4H,5H2,1-2H3. The first-order valence-electron chi connectivity index (χ1n) is 3.59. The largest absolute Gasteiger partial charge is 0.380 e. The molecule has 1 aromatic carbocycles.